The van der Waals surface area contributed by atoms with Crippen LogP contribution in [0.4, 0.5) is 0 Å². The lowest BCUT2D eigenvalue weighted by Gasteiger charge is -2.10. The Morgan fingerprint density at radius 3 is 2.62 bits per heavy atom. The van der Waals surface area contributed by atoms with E-state index in [9.17, 15) is 8.42 Å². The van der Waals surface area contributed by atoms with E-state index in [4.69, 9.17) is 0 Å². The van der Waals surface area contributed by atoms with Crippen molar-refractivity contribution >= 4 is 10.0 Å². The average molecular weight is 313 g/mol. The summed E-state index contributed by atoms with van der Waals surface area (Å²) in [6.07, 6.45) is 6.48. The van der Waals surface area contributed by atoms with Gasteiger partial charge in [-0.05, 0) is 38.3 Å². The maximum atomic E-state index is 12.4. The number of hydrogen-bond acceptors (Lipinski definition) is 3. The van der Waals surface area contributed by atoms with E-state index in [0.29, 0.717) is 23.9 Å². The van der Waals surface area contributed by atoms with Crippen molar-refractivity contribution < 1.29 is 8.42 Å². The van der Waals surface area contributed by atoms with Crippen LogP contribution in [0.3, 0.4) is 0 Å². The first kappa shape index (κ1) is 16.5. The Kier molecular flexibility index (Phi) is 5.84. The lowest BCUT2D eigenvalue weighted by Crippen LogP contribution is -2.28. The molecule has 21 heavy (non-hydrogen) atoms. The van der Waals surface area contributed by atoms with E-state index < -0.39 is 10.0 Å². The van der Waals surface area contributed by atoms with Gasteiger partial charge in [-0.2, -0.15) is 0 Å². The summed E-state index contributed by atoms with van der Waals surface area (Å²) < 4.78 is 29.6. The molecule has 1 aliphatic carbocycles. The summed E-state index contributed by atoms with van der Waals surface area (Å²) in [5, 5.41) is 3.24. The molecule has 0 spiro atoms. The minimum Gasteiger partial charge on any atom is -0.349 e. The number of aryl methyl sites for hydroxylation is 1. The third-order valence-corrected chi connectivity index (χ3v) is 5.60. The van der Waals surface area contributed by atoms with Crippen molar-refractivity contribution in [3.8, 4) is 0 Å². The molecule has 0 aliphatic heterocycles. The van der Waals surface area contributed by atoms with Crippen molar-refractivity contribution in [3.05, 3.63) is 18.0 Å². The van der Waals surface area contributed by atoms with Crippen LogP contribution in [0.2, 0.25) is 0 Å². The van der Waals surface area contributed by atoms with Crippen LogP contribution in [-0.4, -0.2) is 26.1 Å². The van der Waals surface area contributed by atoms with E-state index in [1.54, 1.807) is 12.3 Å². The van der Waals surface area contributed by atoms with Gasteiger partial charge in [-0.25, -0.2) is 13.1 Å². The second kappa shape index (κ2) is 7.42. The molecule has 0 radical (unpaired) electrons. The summed E-state index contributed by atoms with van der Waals surface area (Å²) in [6, 6.07) is 1.78. The number of sulfonamides is 1. The minimum absolute atomic E-state index is 0.384. The van der Waals surface area contributed by atoms with Crippen LogP contribution in [0.1, 0.15) is 45.2 Å². The van der Waals surface area contributed by atoms with E-state index in [1.807, 2.05) is 18.4 Å². The molecule has 120 valence electrons. The van der Waals surface area contributed by atoms with E-state index >= 15 is 0 Å². The highest BCUT2D eigenvalue weighted by Gasteiger charge is 2.21. The number of nitrogens with one attached hydrogen (secondary N) is 2. The van der Waals surface area contributed by atoms with Gasteiger partial charge in [0.2, 0.25) is 10.0 Å². The Morgan fingerprint density at radius 2 is 2.00 bits per heavy atom. The second-order valence-electron chi connectivity index (χ2n) is 5.74. The number of nitrogens with zero attached hydrogens (tertiary/aromatic N) is 1. The van der Waals surface area contributed by atoms with Gasteiger partial charge in [0.15, 0.2) is 0 Å². The molecule has 0 atom stereocenters. The van der Waals surface area contributed by atoms with Crippen LogP contribution in [-0.2, 0) is 23.1 Å². The summed E-state index contributed by atoms with van der Waals surface area (Å²) >= 11 is 0. The first-order valence-corrected chi connectivity index (χ1v) is 9.44. The molecule has 0 amide bonds. The fraction of sp³-hybridized carbons (Fsp3) is 0.733. The molecule has 1 aromatic heterocycles. The van der Waals surface area contributed by atoms with Crippen LogP contribution in [0, 0.1) is 5.92 Å². The standard InChI is InChI=1S/C15H27N3O2S/c1-3-16-11-14-9-15(12-18(14)4-2)21(19,20)17-10-13-7-5-6-8-13/h9,12-13,16-17H,3-8,10-11H2,1-2H3. The van der Waals surface area contributed by atoms with Crippen molar-refractivity contribution in [3.63, 3.8) is 0 Å². The fourth-order valence-corrected chi connectivity index (χ4v) is 4.07. The van der Waals surface area contributed by atoms with Gasteiger partial charge in [-0.3, -0.25) is 0 Å². The van der Waals surface area contributed by atoms with E-state index in [0.717, 1.165) is 31.6 Å². The highest BCUT2D eigenvalue weighted by molar-refractivity contribution is 7.89. The molecule has 1 fully saturated rings. The predicted octanol–water partition coefficient (Wildman–Crippen LogP) is 2.09. The molecule has 0 saturated heterocycles. The number of rotatable bonds is 8. The van der Waals surface area contributed by atoms with E-state index in [2.05, 4.69) is 10.0 Å². The molecule has 0 unspecified atom stereocenters. The van der Waals surface area contributed by atoms with Gasteiger partial charge >= 0.3 is 0 Å². The highest BCUT2D eigenvalue weighted by Crippen LogP contribution is 2.24. The first-order valence-electron chi connectivity index (χ1n) is 7.96. The third-order valence-electron chi connectivity index (χ3n) is 4.20. The maximum Gasteiger partial charge on any atom is 0.242 e. The molecule has 5 nitrogen and oxygen atoms in total. The lowest BCUT2D eigenvalue weighted by atomic mass is 10.1. The zero-order valence-electron chi connectivity index (χ0n) is 13.1. The van der Waals surface area contributed by atoms with Gasteiger partial charge in [0, 0.05) is 31.5 Å². The molecule has 2 rings (SSSR count). The van der Waals surface area contributed by atoms with Crippen LogP contribution >= 0.6 is 0 Å². The van der Waals surface area contributed by atoms with Gasteiger partial charge in [0.1, 0.15) is 0 Å². The van der Waals surface area contributed by atoms with Gasteiger partial charge < -0.3 is 9.88 Å². The van der Waals surface area contributed by atoms with Crippen molar-refractivity contribution in [1.29, 1.82) is 0 Å². The van der Waals surface area contributed by atoms with Crippen molar-refractivity contribution in [2.75, 3.05) is 13.1 Å². The highest BCUT2D eigenvalue weighted by atomic mass is 32.2. The first-order chi connectivity index (χ1) is 10.1. The topological polar surface area (TPSA) is 63.1 Å². The van der Waals surface area contributed by atoms with Crippen LogP contribution in [0.15, 0.2) is 17.2 Å². The molecule has 6 heteroatoms. The summed E-state index contributed by atoms with van der Waals surface area (Å²) in [6.45, 7) is 6.98. The number of hydrogen-bond donors (Lipinski definition) is 2. The molecule has 1 aliphatic rings. The third kappa shape index (κ3) is 4.31. The normalized spacial score (nSPS) is 16.7. The SMILES string of the molecule is CCNCc1cc(S(=O)(=O)NCC2CCCC2)cn1CC. The minimum atomic E-state index is -3.38. The predicted molar refractivity (Wildman–Crippen MR) is 84.6 cm³/mol. The summed E-state index contributed by atoms with van der Waals surface area (Å²) in [7, 11) is -3.38. The molecule has 1 saturated carbocycles. The largest absolute Gasteiger partial charge is 0.349 e. The van der Waals surface area contributed by atoms with Gasteiger partial charge in [0.05, 0.1) is 4.90 Å². The van der Waals surface area contributed by atoms with Crippen LogP contribution in [0.25, 0.3) is 0 Å². The molecular weight excluding hydrogens is 286 g/mol. The van der Waals surface area contributed by atoms with Crippen molar-refractivity contribution in [2.24, 2.45) is 5.92 Å². The van der Waals surface area contributed by atoms with Crippen molar-refractivity contribution in [1.82, 2.24) is 14.6 Å². The fourth-order valence-electron chi connectivity index (χ4n) is 2.89. The van der Waals surface area contributed by atoms with E-state index in [1.165, 1.54) is 12.8 Å². The molecule has 1 heterocycles. The number of aromatic nitrogens is 1. The summed E-state index contributed by atoms with van der Waals surface area (Å²) in [5.41, 5.74) is 1.01. The monoisotopic (exact) mass is 313 g/mol. The molecule has 0 aromatic carbocycles. The van der Waals surface area contributed by atoms with Crippen LogP contribution < -0.4 is 10.0 Å². The summed E-state index contributed by atoms with van der Waals surface area (Å²) in [4.78, 5) is 0.384. The zero-order valence-corrected chi connectivity index (χ0v) is 13.9. The quantitative estimate of drug-likeness (QED) is 0.772. The van der Waals surface area contributed by atoms with Crippen LogP contribution in [0.5, 0.6) is 0 Å². The second-order valence-corrected chi connectivity index (χ2v) is 7.50. The van der Waals surface area contributed by atoms with Gasteiger partial charge in [-0.15, -0.1) is 0 Å². The molecular formula is C15H27N3O2S. The summed E-state index contributed by atoms with van der Waals surface area (Å²) in [5.74, 6) is 0.509. The molecule has 2 N–H and O–H groups in total. The Morgan fingerprint density at radius 1 is 1.29 bits per heavy atom. The zero-order chi connectivity index (χ0) is 15.3. The smallest absolute Gasteiger partial charge is 0.242 e. The van der Waals surface area contributed by atoms with Gasteiger partial charge in [-0.1, -0.05) is 19.8 Å². The maximum absolute atomic E-state index is 12.4. The molecule has 1 aromatic rings. The Hall–Kier alpha value is -0.850. The lowest BCUT2D eigenvalue weighted by molar-refractivity contribution is 0.519. The van der Waals surface area contributed by atoms with Gasteiger partial charge in [0.25, 0.3) is 0 Å². The Bertz CT molecular complexity index is 545. The molecule has 0 bridgehead atoms. The van der Waals surface area contributed by atoms with Crippen molar-refractivity contribution in [2.45, 2.75) is 57.5 Å². The van der Waals surface area contributed by atoms with E-state index in [-0.39, 0.29) is 0 Å². The average Bonchev–Trinajstić information content (AvgIpc) is 3.12. The Balaban J connectivity index is 2.05. The Labute approximate surface area is 128 Å².